The summed E-state index contributed by atoms with van der Waals surface area (Å²) < 4.78 is -3.69. The summed E-state index contributed by atoms with van der Waals surface area (Å²) in [5.74, 6) is 1.64. The molecule has 0 spiro atoms. The Morgan fingerprint density at radius 2 is 1.21 bits per heavy atom. The molecule has 0 unspecified atom stereocenters. The molecule has 0 aliphatic carbocycles. The number of pyridine rings is 2. The number of benzene rings is 2. The van der Waals surface area contributed by atoms with Gasteiger partial charge in [0.15, 0.2) is 11.6 Å². The van der Waals surface area contributed by atoms with Gasteiger partial charge in [-0.1, -0.05) is 41.9 Å². The van der Waals surface area contributed by atoms with Crippen LogP contribution in [0.15, 0.2) is 90.2 Å². The molecule has 0 bridgehead atoms. The van der Waals surface area contributed by atoms with Crippen LogP contribution >= 0.6 is 71.2 Å². The number of carbonyl (C=O) groups is 1. The molecule has 0 saturated heterocycles. The maximum atomic E-state index is 12.0. The zero-order chi connectivity index (χ0) is 27.4. The summed E-state index contributed by atoms with van der Waals surface area (Å²) >= 11 is 31.1. The van der Waals surface area contributed by atoms with Crippen LogP contribution < -0.4 is 10.6 Å². The summed E-state index contributed by atoms with van der Waals surface area (Å²) in [6.07, 6.45) is 3.86. The molecule has 2 aliphatic heterocycles. The number of hydrogen-bond acceptors (Lipinski definition) is 6. The number of anilines is 4. The Morgan fingerprint density at radius 3 is 1.89 bits per heavy atom. The van der Waals surface area contributed by atoms with Crippen LogP contribution in [0.3, 0.4) is 0 Å². The maximum Gasteiger partial charge on any atom is 0.169 e. The van der Waals surface area contributed by atoms with E-state index >= 15 is 0 Å². The second kappa shape index (κ2) is 11.9. The summed E-state index contributed by atoms with van der Waals surface area (Å²) in [4.78, 5) is 24.8. The van der Waals surface area contributed by atoms with E-state index in [-0.39, 0.29) is 5.78 Å². The zero-order valence-corrected chi connectivity index (χ0v) is 24.7. The number of nitrogens with one attached hydrogen (secondary N) is 2. The molecule has 2 N–H and O–H groups in total. The molecule has 13 heteroatoms. The number of hydrogen-bond donors (Lipinski definition) is 2. The molecule has 0 fully saturated rings. The van der Waals surface area contributed by atoms with Gasteiger partial charge in [0.05, 0.1) is 11.4 Å². The molecule has 0 amide bonds. The second-order valence-corrected chi connectivity index (χ2v) is 24.8. The minimum Gasteiger partial charge on any atom is -0.339 e. The third-order valence-electron chi connectivity index (χ3n) is 5.13. The molecule has 4 heterocycles. The largest absolute Gasteiger partial charge is 0.339 e. The Morgan fingerprint density at radius 1 is 0.684 bits per heavy atom. The average molecular weight is 648 g/mol. The molecule has 6 nitrogen and oxygen atoms in total. The summed E-state index contributed by atoms with van der Waals surface area (Å²) in [5, 5.41) is 6.91. The van der Waals surface area contributed by atoms with Crippen molar-refractivity contribution in [3.63, 3.8) is 0 Å². The third kappa shape index (κ3) is 8.42. The summed E-state index contributed by atoms with van der Waals surface area (Å²) in [6, 6.07) is 22.8. The van der Waals surface area contributed by atoms with Gasteiger partial charge in [0.2, 0.25) is 0 Å². The van der Waals surface area contributed by atoms with E-state index in [1.807, 2.05) is 72.8 Å². The number of nitrogens with zero attached hydrogens (tertiary/aromatic N) is 3. The molecule has 0 radical (unpaired) electrons. The van der Waals surface area contributed by atoms with Crippen LogP contribution in [0.2, 0.25) is 0 Å². The Hall–Kier alpha value is -2.15. The molecule has 0 saturated carbocycles. The minimum absolute atomic E-state index is 0.134. The quantitative estimate of drug-likeness (QED) is 0.186. The van der Waals surface area contributed by atoms with Gasteiger partial charge in [-0.05, 0) is 42.5 Å². The molecule has 2 aliphatic rings. The van der Waals surface area contributed by atoms with Crippen LogP contribution in [-0.2, 0) is 6.42 Å². The van der Waals surface area contributed by atoms with E-state index in [0.29, 0.717) is 11.6 Å². The summed E-state index contributed by atoms with van der Waals surface area (Å²) in [5.41, 5.74) is 5.09. The molecule has 196 valence electrons. The summed E-state index contributed by atoms with van der Waals surface area (Å²) in [7, 11) is 0. The number of ketones is 1. The Balaban J connectivity index is 0.000000147. The van der Waals surface area contributed by atoms with Gasteiger partial charge in [-0.2, -0.15) is 0 Å². The van der Waals surface area contributed by atoms with Gasteiger partial charge in [0.25, 0.3) is 0 Å². The molecule has 6 rings (SSSR count). The van der Waals surface area contributed by atoms with Crippen LogP contribution in [0.4, 0.5) is 28.7 Å². The zero-order valence-electron chi connectivity index (χ0n) is 19.3. The Labute approximate surface area is 248 Å². The standard InChI is InChI=1S/C13H10N2O.C12H8ClN3.Cl5P/c16-12-8-9-4-3-7-14-13(9)15-11-6-2-1-5-10(11)12;13-11-8-4-1-2-5-9(8)16-12-10(15-11)6-3-7-14-12;1-6(2,3,4)5/h1-7H,8H2,(H,14,15);1-7H,(H,14,16);. The van der Waals surface area contributed by atoms with Crippen molar-refractivity contribution in [3.8, 4) is 0 Å². The molecule has 38 heavy (non-hydrogen) atoms. The third-order valence-corrected chi connectivity index (χ3v) is 5.42. The number of aromatic nitrogens is 2. The normalized spacial score (nSPS) is 14.1. The van der Waals surface area contributed by atoms with Gasteiger partial charge in [-0.25, -0.2) is 15.0 Å². The molecule has 0 atom stereocenters. The van der Waals surface area contributed by atoms with Crippen molar-refractivity contribution in [1.82, 2.24) is 9.97 Å². The molecular formula is C25H18Cl6N5OP. The van der Waals surface area contributed by atoms with Gasteiger partial charge < -0.3 is 10.6 Å². The van der Waals surface area contributed by atoms with E-state index in [9.17, 15) is 4.79 Å². The predicted octanol–water partition coefficient (Wildman–Crippen LogP) is 10.3. The van der Waals surface area contributed by atoms with Gasteiger partial charge in [-0.15, -0.1) is 0 Å². The van der Waals surface area contributed by atoms with Crippen molar-refractivity contribution in [1.29, 1.82) is 0 Å². The van der Waals surface area contributed by atoms with Crippen LogP contribution in [0, 0.1) is 0 Å². The molecule has 4 aromatic rings. The van der Waals surface area contributed by atoms with Crippen molar-refractivity contribution in [2.75, 3.05) is 10.6 Å². The molecular weight excluding hydrogens is 630 g/mol. The van der Waals surface area contributed by atoms with E-state index in [4.69, 9.17) is 67.8 Å². The molecule has 2 aromatic heterocycles. The van der Waals surface area contributed by atoms with Crippen molar-refractivity contribution < 1.29 is 4.79 Å². The van der Waals surface area contributed by atoms with E-state index in [2.05, 4.69) is 25.6 Å². The van der Waals surface area contributed by atoms with E-state index in [0.717, 1.165) is 45.4 Å². The first-order chi connectivity index (χ1) is 17.9. The fraction of sp³-hybridized carbons (Fsp3) is 0.0400. The number of halogens is 6. The fourth-order valence-corrected chi connectivity index (χ4v) is 3.83. The van der Waals surface area contributed by atoms with Gasteiger partial charge >= 0.3 is 59.6 Å². The molecule has 2 aromatic carbocycles. The average Bonchev–Trinajstić information content (AvgIpc) is 3.09. The number of rotatable bonds is 0. The second-order valence-electron chi connectivity index (χ2n) is 7.86. The van der Waals surface area contributed by atoms with Gasteiger partial charge in [-0.3, -0.25) is 4.79 Å². The number of aliphatic imine (C=N–C) groups is 1. The predicted molar refractivity (Wildman–Crippen MR) is 164 cm³/mol. The first-order valence-electron chi connectivity index (χ1n) is 10.9. The SMILES string of the molecule is ClC1=Nc2cccnc2Nc2ccccc21.ClP(Cl)(Cl)(Cl)Cl.O=C1Cc2cccnc2Nc2ccccc21. The van der Waals surface area contributed by atoms with E-state index < -0.39 is 3.37 Å². The van der Waals surface area contributed by atoms with Crippen LogP contribution in [0.25, 0.3) is 0 Å². The number of carbonyl (C=O) groups excluding carboxylic acids is 1. The Bertz CT molecular complexity index is 1500. The monoisotopic (exact) mass is 645 g/mol. The van der Waals surface area contributed by atoms with E-state index in [1.54, 1.807) is 12.4 Å². The van der Waals surface area contributed by atoms with Crippen molar-refractivity contribution >= 4 is 111 Å². The first-order valence-corrected chi connectivity index (χ1v) is 18.1. The minimum atomic E-state index is -3.69. The van der Waals surface area contributed by atoms with Gasteiger partial charge in [0, 0.05) is 35.5 Å². The fourth-order valence-electron chi connectivity index (χ4n) is 3.57. The summed E-state index contributed by atoms with van der Waals surface area (Å²) in [6.45, 7) is 0. The number of para-hydroxylation sites is 2. The number of Topliss-reactive ketones (excluding diaryl/α,β-unsaturated/α-hetero) is 1. The topological polar surface area (TPSA) is 79.3 Å². The van der Waals surface area contributed by atoms with Crippen LogP contribution in [0.5, 0.6) is 0 Å². The van der Waals surface area contributed by atoms with Crippen molar-refractivity contribution in [3.05, 3.63) is 102 Å². The first kappa shape index (κ1) is 28.8. The Kier molecular flexibility index (Phi) is 9.06. The van der Waals surface area contributed by atoms with Crippen molar-refractivity contribution in [2.24, 2.45) is 4.99 Å². The van der Waals surface area contributed by atoms with Crippen LogP contribution in [0.1, 0.15) is 21.5 Å². The number of fused-ring (bicyclic) bond motifs is 4. The van der Waals surface area contributed by atoms with Crippen LogP contribution in [-0.4, -0.2) is 20.9 Å². The van der Waals surface area contributed by atoms with E-state index in [1.165, 1.54) is 0 Å². The van der Waals surface area contributed by atoms with Crippen molar-refractivity contribution in [2.45, 2.75) is 6.42 Å². The smallest absolute Gasteiger partial charge is 0.169 e. The maximum absolute atomic E-state index is 12.0. The van der Waals surface area contributed by atoms with Gasteiger partial charge in [0.1, 0.15) is 16.7 Å².